The predicted molar refractivity (Wildman–Crippen MR) is 46.8 cm³/mol. The second-order valence-corrected chi connectivity index (χ2v) is 3.19. The Kier molecular flexibility index (Phi) is 2.39. The maximum absolute atomic E-state index is 9.28. The van der Waals surface area contributed by atoms with E-state index in [-0.39, 0.29) is 11.5 Å². The molecule has 11 heavy (non-hydrogen) atoms. The molecule has 0 fully saturated rings. The fourth-order valence-corrected chi connectivity index (χ4v) is 1.40. The van der Waals surface area contributed by atoms with E-state index in [2.05, 4.69) is 15.9 Å². The lowest BCUT2D eigenvalue weighted by Gasteiger charge is -2.04. The molecule has 0 aliphatic rings. The normalized spacial score (nSPS) is 10.0. The monoisotopic (exact) mass is 216 g/mol. The number of halogens is 1. The van der Waals surface area contributed by atoms with Gasteiger partial charge in [-0.25, -0.2) is 0 Å². The minimum Gasteiger partial charge on any atom is -0.507 e. The van der Waals surface area contributed by atoms with Gasteiger partial charge in [0, 0.05) is 10.0 Å². The smallest absolute Gasteiger partial charge is 0.123 e. The van der Waals surface area contributed by atoms with E-state index in [4.69, 9.17) is 0 Å². The highest BCUT2D eigenvalue weighted by Gasteiger charge is 2.05. The molecule has 0 unspecified atom stereocenters. The summed E-state index contributed by atoms with van der Waals surface area (Å²) < 4.78 is 0.685. The summed E-state index contributed by atoms with van der Waals surface area (Å²) >= 11 is 3.16. The van der Waals surface area contributed by atoms with E-state index in [1.807, 2.05) is 6.92 Å². The zero-order chi connectivity index (χ0) is 8.43. The molecule has 0 saturated carbocycles. The van der Waals surface area contributed by atoms with Gasteiger partial charge in [-0.15, -0.1) is 0 Å². The predicted octanol–water partition coefficient (Wildman–Crippen LogP) is 2.42. The van der Waals surface area contributed by atoms with E-state index >= 15 is 0 Å². The highest BCUT2D eigenvalue weighted by atomic mass is 79.9. The Morgan fingerprint density at radius 2 is 1.73 bits per heavy atom. The molecule has 0 amide bonds. The van der Waals surface area contributed by atoms with Crippen LogP contribution in [0.2, 0.25) is 0 Å². The van der Waals surface area contributed by atoms with Gasteiger partial charge in [0.1, 0.15) is 11.5 Å². The fraction of sp³-hybridized carbons (Fsp3) is 0.250. The Hall–Kier alpha value is -0.700. The van der Waals surface area contributed by atoms with Crippen LogP contribution in [-0.4, -0.2) is 10.2 Å². The van der Waals surface area contributed by atoms with Gasteiger partial charge >= 0.3 is 0 Å². The number of rotatable bonds is 1. The van der Waals surface area contributed by atoms with Crippen LogP contribution in [-0.2, 0) is 6.42 Å². The Balaban J connectivity index is 3.25. The van der Waals surface area contributed by atoms with Crippen molar-refractivity contribution in [2.24, 2.45) is 0 Å². The number of hydrogen-bond donors (Lipinski definition) is 2. The molecule has 1 aromatic carbocycles. The van der Waals surface area contributed by atoms with Gasteiger partial charge in [-0.3, -0.25) is 0 Å². The average molecular weight is 217 g/mol. The van der Waals surface area contributed by atoms with Crippen molar-refractivity contribution < 1.29 is 10.2 Å². The Morgan fingerprint density at radius 3 is 2.09 bits per heavy atom. The van der Waals surface area contributed by atoms with Crippen LogP contribution >= 0.6 is 15.9 Å². The largest absolute Gasteiger partial charge is 0.507 e. The SMILES string of the molecule is CCc1c(O)cc(Br)cc1O. The van der Waals surface area contributed by atoms with Crippen molar-refractivity contribution in [2.75, 3.05) is 0 Å². The Morgan fingerprint density at radius 1 is 1.27 bits per heavy atom. The minimum atomic E-state index is 0.138. The van der Waals surface area contributed by atoms with Crippen molar-refractivity contribution in [3.63, 3.8) is 0 Å². The molecule has 0 aromatic heterocycles. The molecular formula is C8H9BrO2. The molecule has 0 heterocycles. The average Bonchev–Trinajstić information content (AvgIpc) is 1.85. The summed E-state index contributed by atoms with van der Waals surface area (Å²) in [5.74, 6) is 0.277. The van der Waals surface area contributed by atoms with Crippen LogP contribution in [0, 0.1) is 0 Å². The van der Waals surface area contributed by atoms with Gasteiger partial charge in [0.05, 0.1) is 0 Å². The maximum atomic E-state index is 9.28. The van der Waals surface area contributed by atoms with E-state index in [1.165, 1.54) is 0 Å². The second kappa shape index (κ2) is 3.13. The van der Waals surface area contributed by atoms with E-state index in [1.54, 1.807) is 12.1 Å². The zero-order valence-electron chi connectivity index (χ0n) is 6.13. The molecule has 0 aliphatic heterocycles. The van der Waals surface area contributed by atoms with Crippen LogP contribution in [0.4, 0.5) is 0 Å². The van der Waals surface area contributed by atoms with Crippen molar-refractivity contribution in [1.29, 1.82) is 0 Å². The minimum absolute atomic E-state index is 0.138. The molecule has 0 aliphatic carbocycles. The highest BCUT2D eigenvalue weighted by Crippen LogP contribution is 2.31. The van der Waals surface area contributed by atoms with Gasteiger partial charge in [0.2, 0.25) is 0 Å². The van der Waals surface area contributed by atoms with Gasteiger partial charge in [-0.05, 0) is 18.6 Å². The molecule has 1 aromatic rings. The van der Waals surface area contributed by atoms with Crippen molar-refractivity contribution in [1.82, 2.24) is 0 Å². The summed E-state index contributed by atoms with van der Waals surface area (Å²) in [6.45, 7) is 1.88. The third-order valence-corrected chi connectivity index (χ3v) is 1.98. The number of phenolic OH excluding ortho intramolecular Hbond substituents is 2. The Labute approximate surface area is 73.6 Å². The van der Waals surface area contributed by atoms with Crippen molar-refractivity contribution in [3.05, 3.63) is 22.2 Å². The second-order valence-electron chi connectivity index (χ2n) is 2.28. The van der Waals surface area contributed by atoms with Crippen LogP contribution in [0.5, 0.6) is 11.5 Å². The summed E-state index contributed by atoms with van der Waals surface area (Å²) in [7, 11) is 0. The van der Waals surface area contributed by atoms with E-state index in [9.17, 15) is 10.2 Å². The molecule has 0 atom stereocenters. The molecule has 0 saturated heterocycles. The lowest BCUT2D eigenvalue weighted by atomic mass is 10.1. The van der Waals surface area contributed by atoms with E-state index in [0.717, 1.165) is 0 Å². The van der Waals surface area contributed by atoms with Crippen LogP contribution in [0.25, 0.3) is 0 Å². The number of hydrogen-bond acceptors (Lipinski definition) is 2. The molecule has 0 bridgehead atoms. The number of aromatic hydroxyl groups is 2. The standard InChI is InChI=1S/C8H9BrO2/c1-2-6-7(10)3-5(9)4-8(6)11/h3-4,10-11H,2H2,1H3. The lowest BCUT2D eigenvalue weighted by molar-refractivity contribution is 0.439. The first-order valence-corrected chi connectivity index (χ1v) is 4.14. The third-order valence-electron chi connectivity index (χ3n) is 1.52. The third kappa shape index (κ3) is 1.66. The molecular weight excluding hydrogens is 208 g/mol. The number of phenols is 2. The molecule has 0 radical (unpaired) electrons. The zero-order valence-corrected chi connectivity index (χ0v) is 7.72. The lowest BCUT2D eigenvalue weighted by Crippen LogP contribution is -1.82. The van der Waals surface area contributed by atoms with Crippen molar-refractivity contribution in [3.8, 4) is 11.5 Å². The van der Waals surface area contributed by atoms with Crippen LogP contribution < -0.4 is 0 Å². The summed E-state index contributed by atoms with van der Waals surface area (Å²) in [6, 6.07) is 3.14. The highest BCUT2D eigenvalue weighted by molar-refractivity contribution is 9.10. The molecule has 2 nitrogen and oxygen atoms in total. The van der Waals surface area contributed by atoms with Gasteiger partial charge in [-0.2, -0.15) is 0 Å². The quantitative estimate of drug-likeness (QED) is 0.758. The first-order chi connectivity index (χ1) is 5.15. The summed E-state index contributed by atoms with van der Waals surface area (Å²) in [5, 5.41) is 18.6. The van der Waals surface area contributed by atoms with Gasteiger partial charge in [0.25, 0.3) is 0 Å². The van der Waals surface area contributed by atoms with Crippen LogP contribution in [0.15, 0.2) is 16.6 Å². The van der Waals surface area contributed by atoms with Crippen molar-refractivity contribution in [2.45, 2.75) is 13.3 Å². The molecule has 3 heteroatoms. The summed E-state index contributed by atoms with van der Waals surface area (Å²) in [5.41, 5.74) is 0.591. The molecule has 2 N–H and O–H groups in total. The topological polar surface area (TPSA) is 40.5 Å². The first-order valence-electron chi connectivity index (χ1n) is 3.35. The van der Waals surface area contributed by atoms with Gasteiger partial charge in [-0.1, -0.05) is 22.9 Å². The first kappa shape index (κ1) is 8.40. The maximum Gasteiger partial charge on any atom is 0.123 e. The molecule has 1 rings (SSSR count). The fourth-order valence-electron chi connectivity index (χ4n) is 0.971. The van der Waals surface area contributed by atoms with Gasteiger partial charge < -0.3 is 10.2 Å². The van der Waals surface area contributed by atoms with E-state index in [0.29, 0.717) is 16.5 Å². The summed E-state index contributed by atoms with van der Waals surface area (Å²) in [6.07, 6.45) is 0.630. The van der Waals surface area contributed by atoms with Crippen molar-refractivity contribution >= 4 is 15.9 Å². The van der Waals surface area contributed by atoms with Crippen LogP contribution in [0.3, 0.4) is 0 Å². The van der Waals surface area contributed by atoms with Gasteiger partial charge in [0.15, 0.2) is 0 Å². The summed E-state index contributed by atoms with van der Waals surface area (Å²) in [4.78, 5) is 0. The Bertz CT molecular complexity index is 248. The van der Waals surface area contributed by atoms with Crippen LogP contribution in [0.1, 0.15) is 12.5 Å². The van der Waals surface area contributed by atoms with E-state index < -0.39 is 0 Å². The molecule has 0 spiro atoms. The number of benzene rings is 1. The molecule has 60 valence electrons.